The fraction of sp³-hybridized carbons (Fsp3) is 0.478. The standard InChI is InChI=1S/C17H21FN2O.C6H3F3N2O2/c18-14-3-1-2-13(5-14)15(21)20-17-8-11-4-12(9-17)7-16(19,6-11)10-17;7-6(8,9)5-10-2-1-3(11-5)4(12)13/h1-3,5,11-12H,4,6-10,19H2,(H,20,21);1-2H,(H,12,13). The Hall–Kier alpha value is -3.08. The minimum absolute atomic E-state index is 0.0979. The van der Waals surface area contributed by atoms with Crippen LogP contribution in [0.1, 0.15) is 65.2 Å². The van der Waals surface area contributed by atoms with Crippen molar-refractivity contribution in [3.8, 4) is 0 Å². The first-order valence-electron chi connectivity index (χ1n) is 10.9. The topological polar surface area (TPSA) is 118 Å². The maximum Gasteiger partial charge on any atom is 0.451 e. The number of aromatic carboxylic acids is 1. The van der Waals surface area contributed by atoms with Crippen LogP contribution in [0, 0.1) is 17.7 Å². The lowest BCUT2D eigenvalue weighted by atomic mass is 9.50. The highest BCUT2D eigenvalue weighted by Gasteiger charge is 2.56. The van der Waals surface area contributed by atoms with Gasteiger partial charge in [0.05, 0.1) is 0 Å². The largest absolute Gasteiger partial charge is 0.477 e. The number of aromatic nitrogens is 2. The van der Waals surface area contributed by atoms with Crippen LogP contribution in [-0.2, 0) is 6.18 Å². The summed E-state index contributed by atoms with van der Waals surface area (Å²) in [6, 6.07) is 6.79. The number of carboxylic acids is 1. The van der Waals surface area contributed by atoms with Crippen LogP contribution < -0.4 is 11.1 Å². The summed E-state index contributed by atoms with van der Waals surface area (Å²) in [6.45, 7) is 0. The minimum Gasteiger partial charge on any atom is -0.477 e. The molecule has 0 radical (unpaired) electrons. The summed E-state index contributed by atoms with van der Waals surface area (Å²) in [6.07, 6.45) is 2.42. The number of carbonyl (C=O) groups excluding carboxylic acids is 1. The second-order valence-electron chi connectivity index (χ2n) is 9.64. The number of rotatable bonds is 3. The second-order valence-corrected chi connectivity index (χ2v) is 9.64. The van der Waals surface area contributed by atoms with E-state index in [4.69, 9.17) is 10.8 Å². The van der Waals surface area contributed by atoms with Gasteiger partial charge in [-0.05, 0) is 74.6 Å². The number of halogens is 4. The number of nitrogens with one attached hydrogen (secondary N) is 1. The minimum atomic E-state index is -4.72. The molecule has 4 saturated carbocycles. The van der Waals surface area contributed by atoms with E-state index in [1.165, 1.54) is 18.6 Å². The van der Waals surface area contributed by atoms with E-state index in [9.17, 15) is 27.2 Å². The first-order valence-corrected chi connectivity index (χ1v) is 10.9. The van der Waals surface area contributed by atoms with Crippen LogP contribution in [0.15, 0.2) is 36.5 Å². The van der Waals surface area contributed by atoms with Crippen LogP contribution in [0.3, 0.4) is 0 Å². The van der Waals surface area contributed by atoms with E-state index in [0.29, 0.717) is 17.4 Å². The Bertz CT molecular complexity index is 1090. The fourth-order valence-electron chi connectivity index (χ4n) is 6.04. The molecule has 0 spiro atoms. The molecule has 4 N–H and O–H groups in total. The molecule has 0 saturated heterocycles. The van der Waals surface area contributed by atoms with Gasteiger partial charge < -0.3 is 16.2 Å². The molecule has 182 valence electrons. The number of carbonyl (C=O) groups is 2. The Balaban J connectivity index is 0.000000182. The van der Waals surface area contributed by atoms with E-state index in [1.807, 2.05) is 0 Å². The average molecular weight is 480 g/mol. The molecule has 1 amide bonds. The Morgan fingerprint density at radius 3 is 2.35 bits per heavy atom. The molecule has 34 heavy (non-hydrogen) atoms. The van der Waals surface area contributed by atoms with Gasteiger partial charge in [-0.25, -0.2) is 19.2 Å². The van der Waals surface area contributed by atoms with Crippen molar-refractivity contribution in [2.24, 2.45) is 17.6 Å². The molecule has 2 unspecified atom stereocenters. The highest BCUT2D eigenvalue weighted by Crippen LogP contribution is 2.56. The van der Waals surface area contributed by atoms with Gasteiger partial charge in [0, 0.05) is 22.8 Å². The zero-order valence-corrected chi connectivity index (χ0v) is 18.1. The Kier molecular flexibility index (Phi) is 6.09. The molecular formula is C23H24F4N4O3. The monoisotopic (exact) mass is 480 g/mol. The van der Waals surface area contributed by atoms with E-state index in [0.717, 1.165) is 44.4 Å². The van der Waals surface area contributed by atoms with E-state index in [1.54, 1.807) is 12.1 Å². The normalized spacial score (nSPS) is 29.2. The van der Waals surface area contributed by atoms with Gasteiger partial charge in [-0.2, -0.15) is 13.2 Å². The van der Waals surface area contributed by atoms with Gasteiger partial charge in [0.2, 0.25) is 5.82 Å². The van der Waals surface area contributed by atoms with Crippen LogP contribution in [0.2, 0.25) is 0 Å². The van der Waals surface area contributed by atoms with E-state index < -0.39 is 23.7 Å². The van der Waals surface area contributed by atoms with Crippen LogP contribution in [-0.4, -0.2) is 38.0 Å². The van der Waals surface area contributed by atoms with Crippen LogP contribution in [0.5, 0.6) is 0 Å². The Morgan fingerprint density at radius 2 is 1.79 bits per heavy atom. The van der Waals surface area contributed by atoms with Crippen molar-refractivity contribution in [3.05, 3.63) is 59.4 Å². The number of amides is 1. The van der Waals surface area contributed by atoms with Crippen molar-refractivity contribution in [2.75, 3.05) is 0 Å². The van der Waals surface area contributed by atoms with Gasteiger partial charge in [-0.15, -0.1) is 0 Å². The molecule has 0 aliphatic heterocycles. The molecule has 11 heteroatoms. The number of nitrogens with zero attached hydrogens (tertiary/aromatic N) is 2. The second kappa shape index (κ2) is 8.61. The van der Waals surface area contributed by atoms with Crippen LogP contribution in [0.25, 0.3) is 0 Å². The van der Waals surface area contributed by atoms with Crippen LogP contribution in [0.4, 0.5) is 17.6 Å². The van der Waals surface area contributed by atoms with Crippen LogP contribution >= 0.6 is 0 Å². The summed E-state index contributed by atoms with van der Waals surface area (Å²) >= 11 is 0. The molecular weight excluding hydrogens is 456 g/mol. The van der Waals surface area contributed by atoms with Gasteiger partial charge in [-0.1, -0.05) is 6.07 Å². The van der Waals surface area contributed by atoms with Gasteiger partial charge in [0.25, 0.3) is 5.91 Å². The summed E-state index contributed by atoms with van der Waals surface area (Å²) in [7, 11) is 0. The third-order valence-corrected chi connectivity index (χ3v) is 6.70. The van der Waals surface area contributed by atoms with Crippen molar-refractivity contribution < 1.29 is 32.3 Å². The van der Waals surface area contributed by atoms with E-state index in [-0.39, 0.29) is 22.8 Å². The SMILES string of the molecule is NC12CC3CC(C1)CC(NC(=O)c1cccc(F)c1)(C3)C2.O=C(O)c1ccnc(C(F)(F)F)n1. The highest BCUT2D eigenvalue weighted by molar-refractivity contribution is 5.94. The lowest BCUT2D eigenvalue weighted by Gasteiger charge is -2.61. The van der Waals surface area contributed by atoms with Gasteiger partial charge in [0.15, 0.2) is 5.69 Å². The third kappa shape index (κ3) is 5.19. The summed E-state index contributed by atoms with van der Waals surface area (Å²) in [5.74, 6) is -2.23. The predicted octanol–water partition coefficient (Wildman–Crippen LogP) is 3.80. The molecule has 4 aliphatic rings. The summed E-state index contributed by atoms with van der Waals surface area (Å²) in [4.78, 5) is 28.4. The number of hydrogen-bond acceptors (Lipinski definition) is 5. The molecule has 6 rings (SSSR count). The quantitative estimate of drug-likeness (QED) is 0.575. The van der Waals surface area contributed by atoms with E-state index >= 15 is 0 Å². The summed E-state index contributed by atoms with van der Waals surface area (Å²) < 4.78 is 49.0. The molecule has 4 bridgehead atoms. The molecule has 1 aromatic heterocycles. The zero-order valence-electron chi connectivity index (χ0n) is 18.1. The third-order valence-electron chi connectivity index (χ3n) is 6.70. The smallest absolute Gasteiger partial charge is 0.451 e. The van der Waals surface area contributed by atoms with Crippen molar-refractivity contribution in [1.82, 2.24) is 15.3 Å². The molecule has 2 aromatic rings. The summed E-state index contributed by atoms with van der Waals surface area (Å²) in [5, 5.41) is 11.5. The summed E-state index contributed by atoms with van der Waals surface area (Å²) in [5.41, 5.74) is 5.99. The van der Waals surface area contributed by atoms with Gasteiger partial charge in [-0.3, -0.25) is 4.79 Å². The van der Waals surface area contributed by atoms with Crippen molar-refractivity contribution in [3.63, 3.8) is 0 Å². The first kappa shape index (κ1) is 24.1. The Labute approximate surface area is 192 Å². The Morgan fingerprint density at radius 1 is 1.12 bits per heavy atom. The van der Waals surface area contributed by atoms with Gasteiger partial charge >= 0.3 is 12.1 Å². The van der Waals surface area contributed by atoms with Crippen molar-refractivity contribution >= 4 is 11.9 Å². The number of alkyl halides is 3. The molecule has 1 aromatic carbocycles. The van der Waals surface area contributed by atoms with Crippen molar-refractivity contribution in [2.45, 2.75) is 55.8 Å². The molecule has 2 atom stereocenters. The maximum absolute atomic E-state index is 13.3. The van der Waals surface area contributed by atoms with Crippen molar-refractivity contribution in [1.29, 1.82) is 0 Å². The lowest BCUT2D eigenvalue weighted by Crippen LogP contribution is -2.68. The number of hydrogen-bond donors (Lipinski definition) is 3. The fourth-order valence-corrected chi connectivity index (χ4v) is 6.04. The molecule has 1 heterocycles. The maximum atomic E-state index is 13.3. The van der Waals surface area contributed by atoms with Gasteiger partial charge in [0.1, 0.15) is 5.82 Å². The van der Waals surface area contributed by atoms with E-state index in [2.05, 4.69) is 15.3 Å². The number of benzene rings is 1. The highest BCUT2D eigenvalue weighted by atomic mass is 19.4. The number of nitrogens with two attached hydrogens (primary N) is 1. The zero-order chi connectivity index (χ0) is 24.7. The lowest BCUT2D eigenvalue weighted by molar-refractivity contribution is -0.145. The average Bonchev–Trinajstić information content (AvgIpc) is 2.71. The number of carboxylic acid groups (broad SMARTS) is 1. The molecule has 4 fully saturated rings. The predicted molar refractivity (Wildman–Crippen MR) is 112 cm³/mol. The first-order chi connectivity index (χ1) is 15.9. The molecule has 4 aliphatic carbocycles. The molecule has 7 nitrogen and oxygen atoms in total.